The van der Waals surface area contributed by atoms with E-state index in [1.54, 1.807) is 20.1 Å². The van der Waals surface area contributed by atoms with Crippen molar-refractivity contribution in [2.75, 3.05) is 7.11 Å². The van der Waals surface area contributed by atoms with Crippen LogP contribution in [0.25, 0.3) is 12.2 Å². The number of ether oxygens (including phenoxy) is 2. The number of carbonyl (C=O) groups is 1. The molecule has 0 saturated heterocycles. The summed E-state index contributed by atoms with van der Waals surface area (Å²) >= 11 is 0. The van der Waals surface area contributed by atoms with Gasteiger partial charge in [-0.1, -0.05) is 12.2 Å². The zero-order valence-corrected chi connectivity index (χ0v) is 11.9. The van der Waals surface area contributed by atoms with Crippen molar-refractivity contribution in [3.8, 4) is 11.5 Å². The molecule has 0 fully saturated rings. The zero-order valence-electron chi connectivity index (χ0n) is 11.9. The van der Waals surface area contributed by atoms with E-state index in [0.717, 1.165) is 29.0 Å². The Bertz CT molecular complexity index is 612. The SMILES string of the molecule is COc1c(C(C)=O)cc(OC(C)C)c2c1=CCCC=2. The molecule has 0 atom stereocenters. The van der Waals surface area contributed by atoms with Crippen LogP contribution < -0.4 is 19.9 Å². The molecular formula is C16H20O3. The Morgan fingerprint density at radius 1 is 1.21 bits per heavy atom. The summed E-state index contributed by atoms with van der Waals surface area (Å²) in [5.41, 5.74) is 0.587. The quantitative estimate of drug-likeness (QED) is 0.777. The van der Waals surface area contributed by atoms with E-state index < -0.39 is 0 Å². The van der Waals surface area contributed by atoms with Crippen LogP contribution in [-0.2, 0) is 0 Å². The summed E-state index contributed by atoms with van der Waals surface area (Å²) in [6.45, 7) is 5.52. The summed E-state index contributed by atoms with van der Waals surface area (Å²) in [6.07, 6.45) is 6.30. The molecule has 1 aliphatic rings. The molecule has 1 aromatic carbocycles. The first-order valence-corrected chi connectivity index (χ1v) is 6.63. The molecule has 1 aliphatic carbocycles. The fourth-order valence-corrected chi connectivity index (χ4v) is 2.38. The van der Waals surface area contributed by atoms with Gasteiger partial charge in [0, 0.05) is 10.4 Å². The molecule has 0 aromatic heterocycles. The highest BCUT2D eigenvalue weighted by molar-refractivity contribution is 5.97. The average molecular weight is 260 g/mol. The number of benzene rings is 1. The minimum atomic E-state index is -0.00719. The fraction of sp³-hybridized carbons (Fsp3) is 0.438. The van der Waals surface area contributed by atoms with Gasteiger partial charge in [-0.05, 0) is 39.7 Å². The number of hydrogen-bond donors (Lipinski definition) is 0. The van der Waals surface area contributed by atoms with E-state index in [4.69, 9.17) is 9.47 Å². The van der Waals surface area contributed by atoms with Crippen molar-refractivity contribution in [1.29, 1.82) is 0 Å². The largest absolute Gasteiger partial charge is 0.495 e. The van der Waals surface area contributed by atoms with Crippen molar-refractivity contribution in [3.63, 3.8) is 0 Å². The molecule has 3 nitrogen and oxygen atoms in total. The smallest absolute Gasteiger partial charge is 0.163 e. The van der Waals surface area contributed by atoms with Crippen LogP contribution in [0.2, 0.25) is 0 Å². The summed E-state index contributed by atoms with van der Waals surface area (Å²) in [4.78, 5) is 11.8. The number of hydrogen-bond acceptors (Lipinski definition) is 3. The second kappa shape index (κ2) is 5.47. The van der Waals surface area contributed by atoms with Crippen molar-refractivity contribution in [3.05, 3.63) is 22.1 Å². The van der Waals surface area contributed by atoms with Gasteiger partial charge in [-0.15, -0.1) is 0 Å². The summed E-state index contributed by atoms with van der Waals surface area (Å²) < 4.78 is 11.3. The second-order valence-electron chi connectivity index (χ2n) is 4.99. The van der Waals surface area contributed by atoms with Gasteiger partial charge in [-0.3, -0.25) is 4.79 Å². The van der Waals surface area contributed by atoms with Crippen LogP contribution >= 0.6 is 0 Å². The lowest BCUT2D eigenvalue weighted by Crippen LogP contribution is -2.32. The fourth-order valence-electron chi connectivity index (χ4n) is 2.38. The first-order valence-electron chi connectivity index (χ1n) is 6.63. The third-order valence-corrected chi connectivity index (χ3v) is 3.13. The molecule has 0 aliphatic heterocycles. The summed E-state index contributed by atoms with van der Waals surface area (Å²) in [5.74, 6) is 1.42. The summed E-state index contributed by atoms with van der Waals surface area (Å²) in [6, 6.07) is 1.80. The van der Waals surface area contributed by atoms with Gasteiger partial charge in [0.25, 0.3) is 0 Å². The van der Waals surface area contributed by atoms with Crippen LogP contribution in [-0.4, -0.2) is 19.0 Å². The van der Waals surface area contributed by atoms with Gasteiger partial charge >= 0.3 is 0 Å². The molecule has 0 amide bonds. The molecule has 0 unspecified atom stereocenters. The normalized spacial score (nSPS) is 13.3. The van der Waals surface area contributed by atoms with Crippen molar-refractivity contribution in [1.82, 2.24) is 0 Å². The topological polar surface area (TPSA) is 35.5 Å². The highest BCUT2D eigenvalue weighted by atomic mass is 16.5. The van der Waals surface area contributed by atoms with Crippen molar-refractivity contribution in [2.24, 2.45) is 0 Å². The third-order valence-electron chi connectivity index (χ3n) is 3.13. The molecule has 1 aromatic rings. The van der Waals surface area contributed by atoms with E-state index in [2.05, 4.69) is 12.2 Å². The van der Waals surface area contributed by atoms with Gasteiger partial charge in [-0.25, -0.2) is 0 Å². The van der Waals surface area contributed by atoms with E-state index in [1.165, 1.54) is 0 Å². The second-order valence-corrected chi connectivity index (χ2v) is 4.99. The Kier molecular flexibility index (Phi) is 3.93. The zero-order chi connectivity index (χ0) is 14.0. The van der Waals surface area contributed by atoms with Crippen LogP contribution in [0.1, 0.15) is 44.0 Å². The Labute approximate surface area is 113 Å². The predicted molar refractivity (Wildman–Crippen MR) is 76.2 cm³/mol. The Morgan fingerprint density at radius 3 is 2.37 bits per heavy atom. The first kappa shape index (κ1) is 13.7. The number of fused-ring (bicyclic) bond motifs is 1. The predicted octanol–water partition coefficient (Wildman–Crippen LogP) is 2.04. The van der Waals surface area contributed by atoms with E-state index in [0.29, 0.717) is 11.3 Å². The Morgan fingerprint density at radius 2 is 1.84 bits per heavy atom. The third kappa shape index (κ3) is 2.65. The standard InChI is InChI=1S/C16H20O3/c1-10(2)19-15-9-14(11(3)17)16(18-4)13-8-6-5-7-12(13)15/h7-10H,5-6H2,1-4H3. The van der Waals surface area contributed by atoms with Crippen LogP contribution in [0.4, 0.5) is 0 Å². The molecule has 0 spiro atoms. The Hall–Kier alpha value is -1.77. The number of Topliss-reactive ketones (excluding diaryl/α,β-unsaturated/α-hetero) is 1. The lowest BCUT2D eigenvalue weighted by molar-refractivity contribution is 0.101. The van der Waals surface area contributed by atoms with Gasteiger partial charge in [0.1, 0.15) is 11.5 Å². The van der Waals surface area contributed by atoms with E-state index in [-0.39, 0.29) is 11.9 Å². The number of rotatable bonds is 4. The molecule has 0 heterocycles. The van der Waals surface area contributed by atoms with Gasteiger partial charge in [0.05, 0.1) is 18.8 Å². The van der Waals surface area contributed by atoms with Crippen LogP contribution in [0, 0.1) is 0 Å². The molecule has 0 N–H and O–H groups in total. The average Bonchev–Trinajstić information content (AvgIpc) is 2.37. The lowest BCUT2D eigenvalue weighted by atomic mass is 10.0. The highest BCUT2D eigenvalue weighted by Crippen LogP contribution is 2.19. The number of ketones is 1. The van der Waals surface area contributed by atoms with Crippen molar-refractivity contribution >= 4 is 17.9 Å². The van der Waals surface area contributed by atoms with Gasteiger partial charge in [0.15, 0.2) is 5.78 Å². The van der Waals surface area contributed by atoms with Crippen LogP contribution in [0.5, 0.6) is 11.5 Å². The monoisotopic (exact) mass is 260 g/mol. The minimum absolute atomic E-state index is 0.00719. The van der Waals surface area contributed by atoms with Gasteiger partial charge < -0.3 is 9.47 Å². The van der Waals surface area contributed by atoms with E-state index in [1.807, 2.05) is 13.8 Å². The highest BCUT2D eigenvalue weighted by Gasteiger charge is 2.16. The maximum atomic E-state index is 11.8. The van der Waals surface area contributed by atoms with Gasteiger partial charge in [0.2, 0.25) is 0 Å². The maximum Gasteiger partial charge on any atom is 0.163 e. The number of carbonyl (C=O) groups excluding carboxylic acids is 1. The molecule has 2 rings (SSSR count). The lowest BCUT2D eigenvalue weighted by Gasteiger charge is -2.16. The van der Waals surface area contributed by atoms with Gasteiger partial charge in [-0.2, -0.15) is 0 Å². The van der Waals surface area contributed by atoms with Crippen molar-refractivity contribution < 1.29 is 14.3 Å². The van der Waals surface area contributed by atoms with E-state index in [9.17, 15) is 4.79 Å². The molecule has 19 heavy (non-hydrogen) atoms. The van der Waals surface area contributed by atoms with Crippen LogP contribution in [0.3, 0.4) is 0 Å². The van der Waals surface area contributed by atoms with Crippen molar-refractivity contribution in [2.45, 2.75) is 39.7 Å². The molecule has 0 bridgehead atoms. The van der Waals surface area contributed by atoms with E-state index >= 15 is 0 Å². The summed E-state index contributed by atoms with van der Waals surface area (Å²) in [5, 5.41) is 2.03. The minimum Gasteiger partial charge on any atom is -0.495 e. The maximum absolute atomic E-state index is 11.8. The molecule has 0 radical (unpaired) electrons. The molecule has 0 saturated carbocycles. The molecule has 102 valence electrons. The summed E-state index contributed by atoms with van der Waals surface area (Å²) in [7, 11) is 1.60. The first-order chi connectivity index (χ1) is 9.04. The number of methoxy groups -OCH3 is 1. The molecular weight excluding hydrogens is 240 g/mol. The molecule has 3 heteroatoms. The van der Waals surface area contributed by atoms with Crippen LogP contribution in [0.15, 0.2) is 6.07 Å². The Balaban J connectivity index is 2.78.